The van der Waals surface area contributed by atoms with Crippen LogP contribution in [0.25, 0.3) is 0 Å². The lowest BCUT2D eigenvalue weighted by Crippen LogP contribution is -2.17. The van der Waals surface area contributed by atoms with Crippen LogP contribution >= 0.6 is 0 Å². The monoisotopic (exact) mass is 147 g/mol. The highest BCUT2D eigenvalue weighted by molar-refractivity contribution is 5.85. The third kappa shape index (κ3) is 1.15. The zero-order valence-corrected chi connectivity index (χ0v) is 6.88. The van der Waals surface area contributed by atoms with Crippen molar-refractivity contribution in [1.29, 1.82) is 0 Å². The summed E-state index contributed by atoms with van der Waals surface area (Å²) in [6, 6.07) is 0. The van der Waals surface area contributed by atoms with E-state index in [0.717, 1.165) is 12.8 Å². The van der Waals surface area contributed by atoms with Crippen molar-refractivity contribution in [3.8, 4) is 0 Å². The second-order valence-electron chi connectivity index (χ2n) is 3.38. The third-order valence-electron chi connectivity index (χ3n) is 2.37. The topological polar surface area (TPSA) is 12.4 Å². The smallest absolute Gasteiger partial charge is 0.0971 e. The van der Waals surface area contributed by atoms with Gasteiger partial charge in [0.25, 0.3) is 0 Å². The summed E-state index contributed by atoms with van der Waals surface area (Å²) in [5.74, 6) is 0. The number of nitrogens with zero attached hydrogens (tertiary/aromatic N) is 1. The molecule has 2 rings (SSSR count). The van der Waals surface area contributed by atoms with Crippen LogP contribution in [-0.4, -0.2) is 11.3 Å². The molecule has 0 radical (unpaired) electrons. The van der Waals surface area contributed by atoms with E-state index in [1.807, 2.05) is 0 Å². The van der Waals surface area contributed by atoms with E-state index in [1.54, 1.807) is 0 Å². The van der Waals surface area contributed by atoms with E-state index in [9.17, 15) is 0 Å². The van der Waals surface area contributed by atoms with Crippen molar-refractivity contribution in [2.75, 3.05) is 0 Å². The molecule has 1 spiro atoms. The van der Waals surface area contributed by atoms with Gasteiger partial charge < -0.3 is 0 Å². The fourth-order valence-electron chi connectivity index (χ4n) is 1.77. The van der Waals surface area contributed by atoms with E-state index in [0.29, 0.717) is 0 Å². The lowest BCUT2D eigenvalue weighted by Gasteiger charge is -2.19. The average molecular weight is 147 g/mol. The van der Waals surface area contributed by atoms with Crippen LogP contribution in [0, 0.1) is 0 Å². The van der Waals surface area contributed by atoms with Gasteiger partial charge in [-0.25, -0.2) is 0 Å². The highest BCUT2D eigenvalue weighted by atomic mass is 14.9. The van der Waals surface area contributed by atoms with Gasteiger partial charge in [0.15, 0.2) is 0 Å². The lowest BCUT2D eigenvalue weighted by atomic mass is 9.92. The summed E-state index contributed by atoms with van der Waals surface area (Å²) in [5, 5.41) is 0. The summed E-state index contributed by atoms with van der Waals surface area (Å²) < 4.78 is 0. The Hall–Kier alpha value is -0.850. The van der Waals surface area contributed by atoms with Gasteiger partial charge in [-0.15, -0.1) is 0 Å². The van der Waals surface area contributed by atoms with Crippen molar-refractivity contribution in [1.82, 2.24) is 0 Å². The minimum atomic E-state index is 0.0718. The molecule has 0 atom stereocenters. The van der Waals surface area contributed by atoms with Crippen LogP contribution in [0.1, 0.15) is 26.2 Å². The van der Waals surface area contributed by atoms with Crippen LogP contribution in [0.4, 0.5) is 0 Å². The van der Waals surface area contributed by atoms with Crippen LogP contribution in [0.5, 0.6) is 0 Å². The number of rotatable bonds is 0. The normalized spacial score (nSPS) is 26.1. The van der Waals surface area contributed by atoms with E-state index in [1.165, 1.54) is 12.1 Å². The zero-order chi connectivity index (χ0) is 7.73. The highest BCUT2D eigenvalue weighted by Gasteiger charge is 2.28. The van der Waals surface area contributed by atoms with Crippen molar-refractivity contribution in [3.05, 3.63) is 24.3 Å². The minimum absolute atomic E-state index is 0.0718. The maximum atomic E-state index is 4.62. The lowest BCUT2D eigenvalue weighted by molar-refractivity contribution is 0.644. The Morgan fingerprint density at radius 2 is 2.09 bits per heavy atom. The predicted molar refractivity (Wildman–Crippen MR) is 48.0 cm³/mol. The first-order valence-electron chi connectivity index (χ1n) is 4.21. The summed E-state index contributed by atoms with van der Waals surface area (Å²) in [4.78, 5) is 4.62. The molecular formula is C10H13N. The largest absolute Gasteiger partial charge is 0.279 e. The van der Waals surface area contributed by atoms with Crippen molar-refractivity contribution >= 4 is 5.71 Å². The van der Waals surface area contributed by atoms with Crippen LogP contribution in [0.3, 0.4) is 0 Å². The molecule has 0 unspecified atom stereocenters. The zero-order valence-electron chi connectivity index (χ0n) is 6.88. The molecule has 2 aliphatic rings. The quantitative estimate of drug-likeness (QED) is 0.467. The first kappa shape index (κ1) is 6.84. The number of allylic oxidation sites excluding steroid dienone is 2. The summed E-state index contributed by atoms with van der Waals surface area (Å²) in [5.41, 5.74) is 1.36. The molecule has 1 heterocycles. The van der Waals surface area contributed by atoms with Gasteiger partial charge in [-0.2, -0.15) is 0 Å². The van der Waals surface area contributed by atoms with E-state index >= 15 is 0 Å². The maximum Gasteiger partial charge on any atom is 0.0971 e. The Bertz CT molecular complexity index is 234. The molecule has 0 aromatic rings. The van der Waals surface area contributed by atoms with Gasteiger partial charge in [0.05, 0.1) is 5.54 Å². The van der Waals surface area contributed by atoms with E-state index in [-0.39, 0.29) is 5.54 Å². The van der Waals surface area contributed by atoms with Gasteiger partial charge in [0, 0.05) is 5.71 Å². The standard InChI is InChI=1S/C10H13N/c1-9-5-8-10(11-9)6-3-2-4-7-10/h3-4,6-7H,2,5,8H2,1H3. The van der Waals surface area contributed by atoms with Crippen LogP contribution < -0.4 is 0 Å². The van der Waals surface area contributed by atoms with Crippen LogP contribution in [0.2, 0.25) is 0 Å². The van der Waals surface area contributed by atoms with E-state index in [4.69, 9.17) is 0 Å². The number of hydrogen-bond acceptors (Lipinski definition) is 1. The van der Waals surface area contributed by atoms with E-state index in [2.05, 4.69) is 36.2 Å². The molecular weight excluding hydrogens is 134 g/mol. The fourth-order valence-corrected chi connectivity index (χ4v) is 1.77. The molecule has 0 N–H and O–H groups in total. The van der Waals surface area contributed by atoms with Gasteiger partial charge >= 0.3 is 0 Å². The molecule has 1 nitrogen and oxygen atoms in total. The second kappa shape index (κ2) is 2.33. The molecule has 0 bridgehead atoms. The maximum absolute atomic E-state index is 4.62. The van der Waals surface area contributed by atoms with Crippen LogP contribution in [-0.2, 0) is 0 Å². The van der Waals surface area contributed by atoms with E-state index < -0.39 is 0 Å². The number of aliphatic imine (C=N–C) groups is 1. The van der Waals surface area contributed by atoms with Crippen molar-refractivity contribution in [2.24, 2.45) is 4.99 Å². The molecule has 0 saturated heterocycles. The molecule has 0 amide bonds. The Morgan fingerprint density at radius 1 is 1.36 bits per heavy atom. The Kier molecular flexibility index (Phi) is 1.45. The molecule has 0 aromatic heterocycles. The Morgan fingerprint density at radius 3 is 2.64 bits per heavy atom. The first-order chi connectivity index (χ1) is 5.31. The average Bonchev–Trinajstić information content (AvgIpc) is 2.34. The molecule has 11 heavy (non-hydrogen) atoms. The highest BCUT2D eigenvalue weighted by Crippen LogP contribution is 2.31. The van der Waals surface area contributed by atoms with Crippen molar-refractivity contribution < 1.29 is 0 Å². The molecule has 1 heteroatoms. The van der Waals surface area contributed by atoms with Crippen molar-refractivity contribution in [2.45, 2.75) is 31.7 Å². The summed E-state index contributed by atoms with van der Waals surface area (Å²) >= 11 is 0. The van der Waals surface area contributed by atoms with Gasteiger partial charge in [-0.1, -0.05) is 24.3 Å². The molecule has 0 aromatic carbocycles. The Balaban J connectivity index is 2.29. The molecule has 0 fully saturated rings. The summed E-state index contributed by atoms with van der Waals surface area (Å²) in [6.45, 7) is 2.12. The summed E-state index contributed by atoms with van der Waals surface area (Å²) in [6.07, 6.45) is 12.3. The minimum Gasteiger partial charge on any atom is -0.279 e. The van der Waals surface area contributed by atoms with Gasteiger partial charge in [-0.3, -0.25) is 4.99 Å². The fraction of sp³-hybridized carbons (Fsp3) is 0.500. The number of hydrogen-bond donors (Lipinski definition) is 0. The van der Waals surface area contributed by atoms with Crippen molar-refractivity contribution in [3.63, 3.8) is 0 Å². The van der Waals surface area contributed by atoms with Gasteiger partial charge in [-0.05, 0) is 26.2 Å². The van der Waals surface area contributed by atoms with Crippen LogP contribution in [0.15, 0.2) is 29.3 Å². The molecule has 1 aliphatic heterocycles. The predicted octanol–water partition coefficient (Wildman–Crippen LogP) is 2.50. The SMILES string of the molecule is CC1=NC2(C=CCC=C2)CC1. The van der Waals surface area contributed by atoms with Gasteiger partial charge in [0.2, 0.25) is 0 Å². The molecule has 58 valence electrons. The molecule has 0 saturated carbocycles. The third-order valence-corrected chi connectivity index (χ3v) is 2.37. The first-order valence-corrected chi connectivity index (χ1v) is 4.21. The molecule has 1 aliphatic carbocycles. The summed E-state index contributed by atoms with van der Waals surface area (Å²) in [7, 11) is 0. The second-order valence-corrected chi connectivity index (χ2v) is 3.38. The Labute approximate surface area is 67.5 Å². The van der Waals surface area contributed by atoms with Gasteiger partial charge in [0.1, 0.15) is 0 Å².